The number of para-hydroxylation sites is 2. The summed E-state index contributed by atoms with van der Waals surface area (Å²) in [4.78, 5) is 27.8. The quantitative estimate of drug-likeness (QED) is 0.649. The Kier molecular flexibility index (Phi) is 6.30. The molecule has 0 saturated carbocycles. The number of amides is 1. The van der Waals surface area contributed by atoms with Gasteiger partial charge in [-0.15, -0.1) is 0 Å². The Bertz CT molecular complexity index is 1080. The predicted molar refractivity (Wildman–Crippen MR) is 116 cm³/mol. The zero-order valence-corrected chi connectivity index (χ0v) is 17.3. The van der Waals surface area contributed by atoms with E-state index < -0.39 is 0 Å². The molecule has 158 valence electrons. The number of aromatic nitrogens is 2. The standard InChI is InChI=1S/C23H28N4O3/c1-2-26-20-9-5-6-10-21(20)27(23(26)29)17-22(28)24-15-18-7-3-4-8-19(18)16-25-11-13-30-14-12-25/h3-10H,2,11-17H2,1H3,(H,24,28). The van der Waals surface area contributed by atoms with Gasteiger partial charge in [-0.1, -0.05) is 36.4 Å². The molecule has 3 aromatic rings. The lowest BCUT2D eigenvalue weighted by atomic mass is 10.1. The first-order valence-electron chi connectivity index (χ1n) is 10.5. The first-order valence-corrected chi connectivity index (χ1v) is 10.5. The molecule has 0 spiro atoms. The highest BCUT2D eigenvalue weighted by Crippen LogP contribution is 2.14. The molecule has 30 heavy (non-hydrogen) atoms. The Labute approximate surface area is 175 Å². The maximum absolute atomic E-state index is 12.7. The van der Waals surface area contributed by atoms with E-state index in [-0.39, 0.29) is 18.1 Å². The molecule has 7 heteroatoms. The first-order chi connectivity index (χ1) is 14.7. The van der Waals surface area contributed by atoms with Gasteiger partial charge in [0.2, 0.25) is 5.91 Å². The molecule has 1 N–H and O–H groups in total. The van der Waals surface area contributed by atoms with Crippen LogP contribution in [0, 0.1) is 0 Å². The summed E-state index contributed by atoms with van der Waals surface area (Å²) >= 11 is 0. The van der Waals surface area contributed by atoms with Gasteiger partial charge in [0.25, 0.3) is 0 Å². The van der Waals surface area contributed by atoms with E-state index in [4.69, 9.17) is 4.74 Å². The number of rotatable bonds is 7. The maximum atomic E-state index is 12.7. The molecule has 1 aliphatic rings. The van der Waals surface area contributed by atoms with Gasteiger partial charge in [-0.05, 0) is 30.2 Å². The second-order valence-corrected chi connectivity index (χ2v) is 7.54. The number of ether oxygens (including phenoxy) is 1. The van der Waals surface area contributed by atoms with E-state index >= 15 is 0 Å². The third-order valence-corrected chi connectivity index (χ3v) is 5.64. The number of hydrogen-bond acceptors (Lipinski definition) is 4. The summed E-state index contributed by atoms with van der Waals surface area (Å²) in [7, 11) is 0. The third-order valence-electron chi connectivity index (χ3n) is 5.64. The summed E-state index contributed by atoms with van der Waals surface area (Å²) in [6.07, 6.45) is 0. The van der Waals surface area contributed by atoms with Crippen molar-refractivity contribution in [3.8, 4) is 0 Å². The van der Waals surface area contributed by atoms with Gasteiger partial charge in [-0.3, -0.25) is 18.8 Å². The monoisotopic (exact) mass is 408 g/mol. The van der Waals surface area contributed by atoms with Gasteiger partial charge in [-0.2, -0.15) is 0 Å². The average molecular weight is 409 g/mol. The second kappa shape index (κ2) is 9.28. The molecule has 1 amide bonds. The van der Waals surface area contributed by atoms with Gasteiger partial charge in [0, 0.05) is 32.7 Å². The van der Waals surface area contributed by atoms with E-state index in [1.165, 1.54) is 5.56 Å². The fourth-order valence-corrected chi connectivity index (χ4v) is 4.01. The SMILES string of the molecule is CCn1c(=O)n(CC(=O)NCc2ccccc2CN2CCOCC2)c2ccccc21. The van der Waals surface area contributed by atoms with Crippen molar-refractivity contribution in [2.45, 2.75) is 33.1 Å². The molecule has 0 radical (unpaired) electrons. The van der Waals surface area contributed by atoms with E-state index in [1.807, 2.05) is 49.4 Å². The Morgan fingerprint density at radius 1 is 0.967 bits per heavy atom. The lowest BCUT2D eigenvalue weighted by Gasteiger charge is -2.27. The lowest BCUT2D eigenvalue weighted by molar-refractivity contribution is -0.121. The minimum absolute atomic E-state index is 0.0119. The number of imidazole rings is 1. The van der Waals surface area contributed by atoms with Crippen LogP contribution in [-0.2, 0) is 35.7 Å². The number of nitrogens with one attached hydrogen (secondary N) is 1. The molecule has 1 aliphatic heterocycles. The van der Waals surface area contributed by atoms with E-state index in [0.29, 0.717) is 13.1 Å². The number of aryl methyl sites for hydroxylation is 1. The molecule has 7 nitrogen and oxygen atoms in total. The average Bonchev–Trinajstić information content (AvgIpc) is 3.04. The summed E-state index contributed by atoms with van der Waals surface area (Å²) in [6.45, 7) is 7.18. The molecule has 2 aromatic carbocycles. The topological polar surface area (TPSA) is 68.5 Å². The van der Waals surface area contributed by atoms with Crippen molar-refractivity contribution in [3.05, 3.63) is 70.1 Å². The van der Waals surface area contributed by atoms with Gasteiger partial charge in [0.15, 0.2) is 0 Å². The normalized spacial score (nSPS) is 14.8. The molecule has 1 aromatic heterocycles. The number of carbonyl (C=O) groups is 1. The van der Waals surface area contributed by atoms with Gasteiger partial charge in [0.05, 0.1) is 24.2 Å². The van der Waals surface area contributed by atoms with E-state index in [1.54, 1.807) is 9.13 Å². The van der Waals surface area contributed by atoms with Crippen LogP contribution in [0.3, 0.4) is 0 Å². The van der Waals surface area contributed by atoms with Crippen molar-refractivity contribution in [2.75, 3.05) is 26.3 Å². The van der Waals surface area contributed by atoms with E-state index in [0.717, 1.165) is 49.4 Å². The molecule has 4 rings (SSSR count). The number of hydrogen-bond donors (Lipinski definition) is 1. The van der Waals surface area contributed by atoms with Crippen LogP contribution in [0.15, 0.2) is 53.3 Å². The predicted octanol–water partition coefficient (Wildman–Crippen LogP) is 1.97. The van der Waals surface area contributed by atoms with Crippen LogP contribution < -0.4 is 11.0 Å². The van der Waals surface area contributed by atoms with Crippen LogP contribution in [0.25, 0.3) is 11.0 Å². The lowest BCUT2D eigenvalue weighted by Crippen LogP contribution is -2.36. The van der Waals surface area contributed by atoms with Crippen LogP contribution >= 0.6 is 0 Å². The molecular formula is C23H28N4O3. The molecule has 0 aliphatic carbocycles. The number of carbonyl (C=O) groups excluding carboxylic acids is 1. The summed E-state index contributed by atoms with van der Waals surface area (Å²) < 4.78 is 8.67. The van der Waals surface area contributed by atoms with Crippen LogP contribution in [0.5, 0.6) is 0 Å². The minimum Gasteiger partial charge on any atom is -0.379 e. The molecule has 0 unspecified atom stereocenters. The summed E-state index contributed by atoms with van der Waals surface area (Å²) in [6, 6.07) is 15.8. The number of fused-ring (bicyclic) bond motifs is 1. The molecule has 0 bridgehead atoms. The molecule has 1 fully saturated rings. The van der Waals surface area contributed by atoms with Gasteiger partial charge >= 0.3 is 5.69 Å². The van der Waals surface area contributed by atoms with Crippen molar-refractivity contribution in [1.82, 2.24) is 19.4 Å². The summed E-state index contributed by atoms with van der Waals surface area (Å²) in [5.74, 6) is -0.169. The van der Waals surface area contributed by atoms with Crippen LogP contribution in [0.1, 0.15) is 18.1 Å². The summed E-state index contributed by atoms with van der Waals surface area (Å²) in [5, 5.41) is 2.99. The second-order valence-electron chi connectivity index (χ2n) is 7.54. The molecule has 0 atom stereocenters. The number of benzene rings is 2. The van der Waals surface area contributed by atoms with Crippen LogP contribution in [0.2, 0.25) is 0 Å². The maximum Gasteiger partial charge on any atom is 0.329 e. The van der Waals surface area contributed by atoms with Crippen LogP contribution in [-0.4, -0.2) is 46.2 Å². The Hall–Kier alpha value is -2.90. The Morgan fingerprint density at radius 3 is 2.30 bits per heavy atom. The van der Waals surface area contributed by atoms with Crippen molar-refractivity contribution in [1.29, 1.82) is 0 Å². The van der Waals surface area contributed by atoms with Crippen LogP contribution in [0.4, 0.5) is 0 Å². The highest BCUT2D eigenvalue weighted by Gasteiger charge is 2.16. The first kappa shape index (κ1) is 20.4. The van der Waals surface area contributed by atoms with E-state index in [2.05, 4.69) is 16.3 Å². The fourth-order valence-electron chi connectivity index (χ4n) is 4.01. The smallest absolute Gasteiger partial charge is 0.329 e. The van der Waals surface area contributed by atoms with Gasteiger partial charge < -0.3 is 10.1 Å². The molecule has 1 saturated heterocycles. The van der Waals surface area contributed by atoms with Crippen molar-refractivity contribution in [2.24, 2.45) is 0 Å². The number of morpholine rings is 1. The van der Waals surface area contributed by atoms with Crippen molar-refractivity contribution in [3.63, 3.8) is 0 Å². The van der Waals surface area contributed by atoms with Crippen molar-refractivity contribution >= 4 is 16.9 Å². The highest BCUT2D eigenvalue weighted by atomic mass is 16.5. The third kappa shape index (κ3) is 4.32. The Balaban J connectivity index is 1.44. The molecule has 2 heterocycles. The summed E-state index contributed by atoms with van der Waals surface area (Å²) in [5.41, 5.74) is 3.79. The Morgan fingerprint density at radius 2 is 1.60 bits per heavy atom. The zero-order valence-electron chi connectivity index (χ0n) is 17.3. The number of nitrogens with zero attached hydrogens (tertiary/aromatic N) is 3. The van der Waals surface area contributed by atoms with Gasteiger partial charge in [-0.25, -0.2) is 4.79 Å². The molecular weight excluding hydrogens is 380 g/mol. The largest absolute Gasteiger partial charge is 0.379 e. The van der Waals surface area contributed by atoms with Gasteiger partial charge in [0.1, 0.15) is 6.54 Å². The fraction of sp³-hybridized carbons (Fsp3) is 0.391. The zero-order chi connectivity index (χ0) is 20.9. The van der Waals surface area contributed by atoms with E-state index in [9.17, 15) is 9.59 Å². The minimum atomic E-state index is -0.169. The van der Waals surface area contributed by atoms with Crippen molar-refractivity contribution < 1.29 is 9.53 Å². The highest BCUT2D eigenvalue weighted by molar-refractivity contribution is 5.81.